The molecule has 1 heterocycles. The lowest BCUT2D eigenvalue weighted by atomic mass is 10.00. The largest absolute Gasteiger partial charge is 0.493 e. The summed E-state index contributed by atoms with van der Waals surface area (Å²) in [6.07, 6.45) is 4.52. The number of halogens is 1. The molecule has 0 bridgehead atoms. The van der Waals surface area contributed by atoms with E-state index in [0.717, 1.165) is 36.9 Å². The van der Waals surface area contributed by atoms with Crippen LogP contribution in [0.5, 0.6) is 17.2 Å². The fourth-order valence-corrected chi connectivity index (χ4v) is 3.95. The Hall–Kier alpha value is -2.27. The summed E-state index contributed by atoms with van der Waals surface area (Å²) in [6.45, 7) is 1.68. The number of ether oxygens (including phenoxy) is 3. The molecule has 146 valence electrons. The van der Waals surface area contributed by atoms with Crippen molar-refractivity contribution in [3.8, 4) is 17.2 Å². The lowest BCUT2D eigenvalue weighted by molar-refractivity contribution is 0.189. The second-order valence-corrected chi connectivity index (χ2v) is 6.88. The van der Waals surface area contributed by atoms with Crippen molar-refractivity contribution in [2.24, 2.45) is 0 Å². The average molecular weight is 373 g/mol. The molecule has 0 spiro atoms. The van der Waals surface area contributed by atoms with E-state index in [0.29, 0.717) is 23.8 Å². The molecule has 1 atom stereocenters. The SMILES string of the molecule is COc1ccc(CN2CCCCC[C@H]2c2cccc(F)c2)c(OC)c1OC. The van der Waals surface area contributed by atoms with Crippen LogP contribution in [-0.2, 0) is 6.54 Å². The average Bonchev–Trinajstić information content (AvgIpc) is 2.93. The van der Waals surface area contributed by atoms with Gasteiger partial charge in [0, 0.05) is 18.2 Å². The third-order valence-electron chi connectivity index (χ3n) is 5.26. The Bertz CT molecular complexity index is 765. The summed E-state index contributed by atoms with van der Waals surface area (Å²) in [5, 5.41) is 0. The Kier molecular flexibility index (Phi) is 6.56. The smallest absolute Gasteiger partial charge is 0.203 e. The van der Waals surface area contributed by atoms with Gasteiger partial charge in [-0.3, -0.25) is 4.90 Å². The number of rotatable bonds is 6. The van der Waals surface area contributed by atoms with Gasteiger partial charge in [-0.1, -0.05) is 31.0 Å². The van der Waals surface area contributed by atoms with Crippen molar-refractivity contribution < 1.29 is 18.6 Å². The molecule has 0 radical (unpaired) electrons. The van der Waals surface area contributed by atoms with Gasteiger partial charge >= 0.3 is 0 Å². The lowest BCUT2D eigenvalue weighted by Gasteiger charge is -2.31. The zero-order chi connectivity index (χ0) is 19.2. The Labute approximate surface area is 160 Å². The molecule has 0 unspecified atom stereocenters. The van der Waals surface area contributed by atoms with E-state index in [9.17, 15) is 4.39 Å². The summed E-state index contributed by atoms with van der Waals surface area (Å²) < 4.78 is 30.4. The third-order valence-corrected chi connectivity index (χ3v) is 5.26. The fraction of sp³-hybridized carbons (Fsp3) is 0.455. The van der Waals surface area contributed by atoms with Gasteiger partial charge in [0.25, 0.3) is 0 Å². The molecule has 2 aromatic carbocycles. The number of hydrogen-bond acceptors (Lipinski definition) is 4. The number of methoxy groups -OCH3 is 3. The standard InChI is InChI=1S/C22H28FNO3/c1-25-20-12-11-17(21(26-2)22(20)27-3)15-24-13-6-4-5-10-19(24)16-8-7-9-18(23)14-16/h7-9,11-12,14,19H,4-6,10,13,15H2,1-3H3/t19-/m0/s1. The number of nitrogens with zero attached hydrogens (tertiary/aromatic N) is 1. The van der Waals surface area contributed by atoms with Crippen LogP contribution in [0.15, 0.2) is 36.4 Å². The summed E-state index contributed by atoms with van der Waals surface area (Å²) in [5.41, 5.74) is 2.08. The minimum Gasteiger partial charge on any atom is -0.493 e. The number of likely N-dealkylation sites (tertiary alicyclic amines) is 1. The highest BCUT2D eigenvalue weighted by Crippen LogP contribution is 2.41. The molecule has 0 amide bonds. The van der Waals surface area contributed by atoms with Crippen LogP contribution in [0.2, 0.25) is 0 Å². The molecule has 4 nitrogen and oxygen atoms in total. The van der Waals surface area contributed by atoms with Crippen molar-refractivity contribution in [3.05, 3.63) is 53.3 Å². The van der Waals surface area contributed by atoms with Crippen LogP contribution in [-0.4, -0.2) is 32.8 Å². The quantitative estimate of drug-likeness (QED) is 0.715. The predicted octanol–water partition coefficient (Wildman–Crippen LogP) is 4.97. The molecule has 0 aliphatic carbocycles. The monoisotopic (exact) mass is 373 g/mol. The van der Waals surface area contributed by atoms with Crippen LogP contribution in [0.25, 0.3) is 0 Å². The van der Waals surface area contributed by atoms with Gasteiger partial charge in [0.1, 0.15) is 5.82 Å². The fourth-order valence-electron chi connectivity index (χ4n) is 3.95. The van der Waals surface area contributed by atoms with Gasteiger partial charge in [0.15, 0.2) is 11.5 Å². The van der Waals surface area contributed by atoms with Crippen molar-refractivity contribution in [1.29, 1.82) is 0 Å². The van der Waals surface area contributed by atoms with Crippen molar-refractivity contribution in [3.63, 3.8) is 0 Å². The van der Waals surface area contributed by atoms with Crippen molar-refractivity contribution >= 4 is 0 Å². The second kappa shape index (κ2) is 9.09. The van der Waals surface area contributed by atoms with E-state index >= 15 is 0 Å². The molecule has 1 aliphatic rings. The maximum Gasteiger partial charge on any atom is 0.203 e. The lowest BCUT2D eigenvalue weighted by Crippen LogP contribution is -2.28. The Morgan fingerprint density at radius 1 is 0.963 bits per heavy atom. The first kappa shape index (κ1) is 19.5. The molecule has 1 saturated heterocycles. The number of hydrogen-bond donors (Lipinski definition) is 0. The van der Waals surface area contributed by atoms with E-state index in [2.05, 4.69) is 4.90 Å². The molecule has 0 aromatic heterocycles. The van der Waals surface area contributed by atoms with E-state index in [-0.39, 0.29) is 11.9 Å². The summed E-state index contributed by atoms with van der Waals surface area (Å²) in [7, 11) is 4.88. The Morgan fingerprint density at radius 3 is 2.48 bits per heavy atom. The second-order valence-electron chi connectivity index (χ2n) is 6.88. The minimum atomic E-state index is -0.180. The van der Waals surface area contributed by atoms with Gasteiger partial charge in [-0.2, -0.15) is 0 Å². The van der Waals surface area contributed by atoms with Crippen LogP contribution in [0.3, 0.4) is 0 Å². The van der Waals surface area contributed by atoms with Gasteiger partial charge in [0.2, 0.25) is 5.75 Å². The molecule has 2 aromatic rings. The Balaban J connectivity index is 1.93. The number of benzene rings is 2. The normalized spacial score (nSPS) is 18.0. The van der Waals surface area contributed by atoms with Gasteiger partial charge in [-0.15, -0.1) is 0 Å². The first-order valence-corrected chi connectivity index (χ1v) is 9.45. The summed E-state index contributed by atoms with van der Waals surface area (Å²) in [4.78, 5) is 2.42. The summed E-state index contributed by atoms with van der Waals surface area (Å²) in [6, 6.07) is 11.1. The highest BCUT2D eigenvalue weighted by atomic mass is 19.1. The highest BCUT2D eigenvalue weighted by Gasteiger charge is 2.25. The zero-order valence-corrected chi connectivity index (χ0v) is 16.3. The zero-order valence-electron chi connectivity index (χ0n) is 16.3. The van der Waals surface area contributed by atoms with Gasteiger partial charge < -0.3 is 14.2 Å². The molecule has 0 N–H and O–H groups in total. The van der Waals surface area contributed by atoms with Gasteiger partial charge in [-0.25, -0.2) is 4.39 Å². The van der Waals surface area contributed by atoms with Crippen LogP contribution >= 0.6 is 0 Å². The highest BCUT2D eigenvalue weighted by molar-refractivity contribution is 5.55. The molecular weight excluding hydrogens is 345 g/mol. The van der Waals surface area contributed by atoms with Crippen molar-refractivity contribution in [2.75, 3.05) is 27.9 Å². The molecular formula is C22H28FNO3. The van der Waals surface area contributed by atoms with E-state index in [4.69, 9.17) is 14.2 Å². The first-order valence-electron chi connectivity index (χ1n) is 9.45. The van der Waals surface area contributed by atoms with Crippen LogP contribution in [0.4, 0.5) is 4.39 Å². The van der Waals surface area contributed by atoms with Crippen LogP contribution in [0, 0.1) is 5.82 Å². The molecule has 1 fully saturated rings. The van der Waals surface area contributed by atoms with Crippen LogP contribution in [0.1, 0.15) is 42.9 Å². The maximum absolute atomic E-state index is 13.8. The van der Waals surface area contributed by atoms with E-state index in [1.807, 2.05) is 18.2 Å². The summed E-state index contributed by atoms with van der Waals surface area (Å²) >= 11 is 0. The van der Waals surface area contributed by atoms with Crippen LogP contribution < -0.4 is 14.2 Å². The van der Waals surface area contributed by atoms with Crippen molar-refractivity contribution in [1.82, 2.24) is 4.90 Å². The molecule has 5 heteroatoms. The van der Waals surface area contributed by atoms with Gasteiger partial charge in [0.05, 0.1) is 21.3 Å². The third kappa shape index (κ3) is 4.35. The van der Waals surface area contributed by atoms with E-state index in [1.165, 1.54) is 12.5 Å². The topological polar surface area (TPSA) is 30.9 Å². The maximum atomic E-state index is 13.8. The molecule has 0 saturated carbocycles. The van der Waals surface area contributed by atoms with E-state index in [1.54, 1.807) is 33.5 Å². The van der Waals surface area contributed by atoms with E-state index < -0.39 is 0 Å². The summed E-state index contributed by atoms with van der Waals surface area (Å²) in [5.74, 6) is 1.77. The molecule has 27 heavy (non-hydrogen) atoms. The molecule has 3 rings (SSSR count). The van der Waals surface area contributed by atoms with Gasteiger partial charge in [-0.05, 0) is 43.1 Å². The first-order chi connectivity index (χ1) is 13.2. The Morgan fingerprint density at radius 2 is 1.78 bits per heavy atom. The minimum absolute atomic E-state index is 0.180. The predicted molar refractivity (Wildman–Crippen MR) is 104 cm³/mol. The van der Waals surface area contributed by atoms with Crippen molar-refractivity contribution in [2.45, 2.75) is 38.3 Å². The molecule has 1 aliphatic heterocycles.